The number of carbonyl (C=O) groups excluding carboxylic acids is 4. The van der Waals surface area contributed by atoms with Gasteiger partial charge in [-0.05, 0) is 109 Å². The van der Waals surface area contributed by atoms with Gasteiger partial charge in [0.2, 0.25) is 6.54 Å². The number of hydrogen-bond acceptors (Lipinski definition) is 14. The fourth-order valence-electron chi connectivity index (χ4n) is 7.44. The summed E-state index contributed by atoms with van der Waals surface area (Å²) in [6.45, 7) is 16.9. The van der Waals surface area contributed by atoms with Gasteiger partial charge in [-0.2, -0.15) is 0 Å². The number of nitrogens with two attached hydrogens (primary N) is 1. The van der Waals surface area contributed by atoms with Gasteiger partial charge in [0.05, 0.1) is 30.8 Å². The van der Waals surface area contributed by atoms with Crippen molar-refractivity contribution in [1.82, 2.24) is 14.7 Å². The maximum atomic E-state index is 12.4. The van der Waals surface area contributed by atoms with Crippen LogP contribution in [-0.4, -0.2) is 127 Å². The van der Waals surface area contributed by atoms with E-state index in [0.29, 0.717) is 32.4 Å². The van der Waals surface area contributed by atoms with E-state index in [-0.39, 0.29) is 34.0 Å². The maximum Gasteiger partial charge on any atom is 0.411 e. The van der Waals surface area contributed by atoms with Gasteiger partial charge in [-0.3, -0.25) is 34.9 Å². The second kappa shape index (κ2) is 26.5. The number of amides is 3. The van der Waals surface area contributed by atoms with Gasteiger partial charge in [0.15, 0.2) is 7.05 Å². The zero-order valence-electron chi connectivity index (χ0n) is 40.2. The lowest BCUT2D eigenvalue weighted by Crippen LogP contribution is -2.53. The van der Waals surface area contributed by atoms with Crippen molar-refractivity contribution in [2.75, 3.05) is 20.1 Å². The van der Waals surface area contributed by atoms with Crippen LogP contribution in [0.3, 0.4) is 0 Å². The minimum absolute atomic E-state index is 0. The van der Waals surface area contributed by atoms with E-state index >= 15 is 0 Å². The summed E-state index contributed by atoms with van der Waals surface area (Å²) in [5.41, 5.74) is 10.2. The van der Waals surface area contributed by atoms with Gasteiger partial charge in [0.25, 0.3) is 0 Å². The van der Waals surface area contributed by atoms with Gasteiger partial charge < -0.3 is 35.0 Å². The van der Waals surface area contributed by atoms with Crippen LogP contribution in [0, 0.1) is 20.2 Å². The van der Waals surface area contributed by atoms with Gasteiger partial charge in [-0.15, -0.1) is 0 Å². The number of carbonyl (C=O) groups is 4. The Balaban J connectivity index is 0.000000492. The molecule has 3 aliphatic rings. The minimum Gasteiger partial charge on any atom is -0.444 e. The molecule has 3 aromatic carbocycles. The number of fused-ring (bicyclic) bond motifs is 3. The van der Waals surface area contributed by atoms with Crippen LogP contribution in [0.2, 0.25) is 0 Å². The lowest BCUT2D eigenvalue weighted by Gasteiger charge is -2.39. The molecule has 5 atom stereocenters. The molecule has 0 unspecified atom stereocenters. The number of rotatable bonds is 6. The Bertz CT molecular complexity index is 2160. The Kier molecular flexibility index (Phi) is 23.4. The van der Waals surface area contributed by atoms with Crippen molar-refractivity contribution >= 4 is 24.6 Å². The molecule has 0 bridgehead atoms. The van der Waals surface area contributed by atoms with Crippen LogP contribution < -0.4 is 5.73 Å². The lowest BCUT2D eigenvalue weighted by molar-refractivity contribution is -0.491. The monoisotopic (exact) mass is 969 g/mol. The van der Waals surface area contributed by atoms with E-state index in [1.54, 1.807) is 25.7 Å². The normalized spacial score (nSPS) is 17.9. The first-order chi connectivity index (χ1) is 31.1. The molecule has 4 N–H and O–H groups in total. The Morgan fingerprint density at radius 3 is 1.22 bits per heavy atom. The molecule has 0 aromatic heterocycles. The van der Waals surface area contributed by atoms with Crippen LogP contribution >= 0.6 is 0 Å². The molecule has 3 aliphatic heterocycles. The van der Waals surface area contributed by atoms with E-state index in [2.05, 4.69) is 0 Å². The first-order valence-corrected chi connectivity index (χ1v) is 22.0. The predicted molar refractivity (Wildman–Crippen MR) is 263 cm³/mol. The molecule has 0 spiro atoms. The summed E-state index contributed by atoms with van der Waals surface area (Å²) in [5, 5.41) is 39.9. The zero-order chi connectivity index (χ0) is 50.4. The third-order valence-electron chi connectivity index (χ3n) is 10.4. The van der Waals surface area contributed by atoms with Gasteiger partial charge in [0.1, 0.15) is 29.2 Å². The number of aliphatic hydroxyl groups excluding tert-OH is 2. The van der Waals surface area contributed by atoms with E-state index in [1.807, 2.05) is 114 Å². The molecular weight excluding hydrogens is 893 g/mol. The Morgan fingerprint density at radius 1 is 0.623 bits per heavy atom. The third kappa shape index (κ3) is 19.8. The summed E-state index contributed by atoms with van der Waals surface area (Å²) < 4.78 is 16.2. The van der Waals surface area contributed by atoms with Crippen molar-refractivity contribution in [3.63, 3.8) is 0 Å². The number of nitro groups is 2. The van der Waals surface area contributed by atoms with Crippen LogP contribution in [0.5, 0.6) is 0 Å². The molecule has 0 radical (unpaired) electrons. The summed E-state index contributed by atoms with van der Waals surface area (Å²) >= 11 is 0. The summed E-state index contributed by atoms with van der Waals surface area (Å²) in [4.78, 5) is 71.1. The largest absolute Gasteiger partial charge is 0.444 e. The van der Waals surface area contributed by atoms with Crippen molar-refractivity contribution in [3.8, 4) is 0 Å². The molecule has 19 nitrogen and oxygen atoms in total. The number of aliphatic hydroxyl groups is 2. The molecule has 3 amide bonds. The molecule has 3 heterocycles. The van der Waals surface area contributed by atoms with Crippen LogP contribution in [0.25, 0.3) is 0 Å². The first-order valence-electron chi connectivity index (χ1n) is 22.0. The molecule has 384 valence electrons. The zero-order valence-corrected chi connectivity index (χ0v) is 40.2. The SMILES string of the molecule is C.C.CC(C)(C)OC(=O)N1Cc2ccccc2C[C@H]1C=O.CC(C)(C)OC(=O)N1Cc2ccccc2C[C@H]1[C@H](O)CN.CC(C)(C)OC(=O)N1Cc2ccccc2C[C@H]1[C@H](O)C[N+](=O)[O-].C[N+](=O)[O-]. The van der Waals surface area contributed by atoms with E-state index in [9.17, 15) is 39.5 Å². The van der Waals surface area contributed by atoms with Gasteiger partial charge in [0, 0.05) is 35.9 Å². The standard InChI is InChI=1S/C16H22N2O5.C16H24N2O3.C15H19NO3.CH3NO2.2CH4/c1-16(2,3)23-15(20)17-9-12-7-5-4-6-11(12)8-13(17)14(19)10-18(21)22;1-16(2,3)21-15(20)18-10-12-7-5-4-6-11(12)8-13(18)14(19)9-17;1-15(2,3)19-14(18)16-9-12-7-5-4-6-11(12)8-13(16)10-17;1-2(3)4;;/h4-7,13-14,19H,8-10H2,1-3H3;4-7,13-14,19H,8-10,17H2,1-3H3;4-7,10,13H,8-9H2,1-3H3;1H3;2*1H4/t2*13-,14+;13-;;;/m000.../s1. The quantitative estimate of drug-likeness (QED) is 0.0944. The summed E-state index contributed by atoms with van der Waals surface area (Å²) in [6, 6.07) is 21.9. The fraction of sp³-hybridized carbons (Fsp3) is 0.560. The predicted octanol–water partition coefficient (Wildman–Crippen LogP) is 7.37. The first kappa shape index (κ1) is 60.8. The molecule has 6 rings (SSSR count). The average Bonchev–Trinajstić information content (AvgIpc) is 3.22. The summed E-state index contributed by atoms with van der Waals surface area (Å²) in [7, 11) is 0.889. The van der Waals surface area contributed by atoms with Crippen molar-refractivity contribution in [3.05, 3.63) is 126 Å². The maximum absolute atomic E-state index is 12.4. The minimum atomic E-state index is -1.24. The van der Waals surface area contributed by atoms with E-state index in [1.165, 1.54) is 9.80 Å². The van der Waals surface area contributed by atoms with Crippen LogP contribution in [0.4, 0.5) is 14.4 Å². The van der Waals surface area contributed by atoms with E-state index < -0.39 is 75.8 Å². The highest BCUT2D eigenvalue weighted by atomic mass is 16.6. The van der Waals surface area contributed by atoms with Crippen LogP contribution in [-0.2, 0) is 57.9 Å². The van der Waals surface area contributed by atoms with Crippen molar-refractivity contribution in [2.45, 2.75) is 163 Å². The van der Waals surface area contributed by atoms with Crippen LogP contribution in [0.1, 0.15) is 111 Å². The Morgan fingerprint density at radius 2 is 0.913 bits per heavy atom. The van der Waals surface area contributed by atoms with Gasteiger partial charge in [-0.25, -0.2) is 14.4 Å². The Hall–Kier alpha value is -6.18. The van der Waals surface area contributed by atoms with Gasteiger partial charge >= 0.3 is 18.3 Å². The smallest absolute Gasteiger partial charge is 0.411 e. The number of aldehydes is 1. The second-order valence-electron chi connectivity index (χ2n) is 19.4. The highest BCUT2D eigenvalue weighted by Crippen LogP contribution is 2.29. The molecule has 0 saturated carbocycles. The lowest BCUT2D eigenvalue weighted by atomic mass is 9.91. The topological polar surface area (TPSA) is 258 Å². The second-order valence-corrected chi connectivity index (χ2v) is 19.4. The van der Waals surface area contributed by atoms with Crippen molar-refractivity contribution in [1.29, 1.82) is 0 Å². The van der Waals surface area contributed by atoms with Crippen molar-refractivity contribution < 1.29 is 53.4 Å². The summed E-state index contributed by atoms with van der Waals surface area (Å²) in [5.74, 6) is 0. The van der Waals surface area contributed by atoms with Crippen molar-refractivity contribution in [2.24, 2.45) is 5.73 Å². The highest BCUT2D eigenvalue weighted by Gasteiger charge is 2.39. The molecule has 19 heteroatoms. The van der Waals surface area contributed by atoms with Gasteiger partial charge in [-0.1, -0.05) is 87.6 Å². The third-order valence-corrected chi connectivity index (χ3v) is 10.4. The molecular formula is C50H76N6O13. The number of nitrogens with zero attached hydrogens (tertiary/aromatic N) is 5. The number of benzene rings is 3. The molecule has 3 aromatic rings. The number of ether oxygens (including phenoxy) is 3. The molecule has 0 fully saturated rings. The summed E-state index contributed by atoms with van der Waals surface area (Å²) in [6.07, 6.45) is -1.08. The van der Waals surface area contributed by atoms with Crippen LogP contribution in [0.15, 0.2) is 72.8 Å². The Labute approximate surface area is 407 Å². The average molecular weight is 969 g/mol. The molecule has 0 saturated heterocycles. The van der Waals surface area contributed by atoms with E-state index in [4.69, 9.17) is 30.1 Å². The number of hydrogen-bond donors (Lipinski definition) is 3. The fourth-order valence-corrected chi connectivity index (χ4v) is 7.44. The van der Waals surface area contributed by atoms with E-state index in [0.717, 1.165) is 46.7 Å². The highest BCUT2D eigenvalue weighted by molar-refractivity contribution is 5.75. The molecule has 69 heavy (non-hydrogen) atoms. The molecule has 0 aliphatic carbocycles.